The maximum atomic E-state index is 12.1. The maximum absolute atomic E-state index is 12.1. The lowest BCUT2D eigenvalue weighted by Crippen LogP contribution is -2.25. The number of furan rings is 1. The second-order valence-electron chi connectivity index (χ2n) is 4.22. The first-order chi connectivity index (χ1) is 9.29. The lowest BCUT2D eigenvalue weighted by atomic mass is 10.3. The summed E-state index contributed by atoms with van der Waals surface area (Å²) in [6.45, 7) is 3.42. The SMILES string of the molecule is Cc1ccc(C(C)NS(=O)(=O)c2ccc(C(=O)O)s2)o1. The molecule has 2 N–H and O–H groups in total. The third-order valence-corrected chi connectivity index (χ3v) is 5.68. The van der Waals surface area contributed by atoms with E-state index in [1.807, 2.05) is 0 Å². The van der Waals surface area contributed by atoms with Gasteiger partial charge in [0.25, 0.3) is 10.0 Å². The third kappa shape index (κ3) is 3.09. The topological polar surface area (TPSA) is 96.6 Å². The number of hydrogen-bond acceptors (Lipinski definition) is 5. The molecule has 0 aliphatic carbocycles. The van der Waals surface area contributed by atoms with Gasteiger partial charge in [-0.2, -0.15) is 0 Å². The Labute approximate surface area is 120 Å². The van der Waals surface area contributed by atoms with Gasteiger partial charge in [-0.15, -0.1) is 11.3 Å². The molecule has 2 heterocycles. The average Bonchev–Trinajstić information content (AvgIpc) is 2.96. The van der Waals surface area contributed by atoms with Crippen molar-refractivity contribution in [3.8, 4) is 0 Å². The molecule has 0 amide bonds. The Bertz CT molecular complexity index is 729. The number of aromatic carboxylic acids is 1. The number of aryl methyl sites for hydroxylation is 1. The molecule has 0 fully saturated rings. The second kappa shape index (κ2) is 5.39. The highest BCUT2D eigenvalue weighted by atomic mass is 32.2. The van der Waals surface area contributed by atoms with Crippen LogP contribution < -0.4 is 4.72 Å². The number of carboxylic acids is 1. The van der Waals surface area contributed by atoms with Gasteiger partial charge in [-0.05, 0) is 38.1 Å². The van der Waals surface area contributed by atoms with Crippen LogP contribution in [0.25, 0.3) is 0 Å². The van der Waals surface area contributed by atoms with Crippen molar-refractivity contribution in [3.05, 3.63) is 40.7 Å². The first kappa shape index (κ1) is 14.8. The van der Waals surface area contributed by atoms with Gasteiger partial charge in [0.05, 0.1) is 6.04 Å². The highest BCUT2D eigenvalue weighted by Crippen LogP contribution is 2.24. The lowest BCUT2D eigenvalue weighted by molar-refractivity contribution is 0.0702. The number of carboxylic acid groups (broad SMARTS) is 1. The van der Waals surface area contributed by atoms with Crippen molar-refractivity contribution in [3.63, 3.8) is 0 Å². The number of rotatable bonds is 5. The highest BCUT2D eigenvalue weighted by molar-refractivity contribution is 7.91. The van der Waals surface area contributed by atoms with E-state index in [-0.39, 0.29) is 9.09 Å². The van der Waals surface area contributed by atoms with Gasteiger partial charge in [-0.1, -0.05) is 0 Å². The highest BCUT2D eigenvalue weighted by Gasteiger charge is 2.23. The fourth-order valence-electron chi connectivity index (χ4n) is 1.61. The van der Waals surface area contributed by atoms with Gasteiger partial charge >= 0.3 is 5.97 Å². The van der Waals surface area contributed by atoms with Crippen molar-refractivity contribution in [2.24, 2.45) is 0 Å². The number of carbonyl (C=O) groups is 1. The molecule has 2 aromatic heterocycles. The predicted molar refractivity (Wildman–Crippen MR) is 73.5 cm³/mol. The number of sulfonamides is 1. The molecule has 0 bridgehead atoms. The van der Waals surface area contributed by atoms with E-state index in [1.54, 1.807) is 26.0 Å². The van der Waals surface area contributed by atoms with Crippen LogP contribution in [0.15, 0.2) is 32.9 Å². The monoisotopic (exact) mass is 315 g/mol. The van der Waals surface area contributed by atoms with Crippen LogP contribution >= 0.6 is 11.3 Å². The van der Waals surface area contributed by atoms with Gasteiger partial charge in [0.15, 0.2) is 0 Å². The molecule has 2 rings (SSSR count). The molecule has 2 aromatic rings. The standard InChI is InChI=1S/C12H13NO5S2/c1-7-3-4-9(18-7)8(2)13-20(16,17)11-6-5-10(19-11)12(14)15/h3-6,8,13H,1-2H3,(H,14,15). The van der Waals surface area contributed by atoms with Crippen molar-refractivity contribution < 1.29 is 22.7 Å². The Hall–Kier alpha value is -1.64. The fourth-order valence-corrected chi connectivity index (χ4v) is 3.99. The molecular weight excluding hydrogens is 302 g/mol. The van der Waals surface area contributed by atoms with Crippen molar-refractivity contribution in [2.45, 2.75) is 24.1 Å². The molecule has 0 saturated carbocycles. The number of nitrogens with one attached hydrogen (secondary N) is 1. The maximum Gasteiger partial charge on any atom is 0.345 e. The molecule has 20 heavy (non-hydrogen) atoms. The summed E-state index contributed by atoms with van der Waals surface area (Å²) in [5, 5.41) is 8.81. The summed E-state index contributed by atoms with van der Waals surface area (Å²) in [5.74, 6) is 0.0441. The quantitative estimate of drug-likeness (QED) is 0.883. The average molecular weight is 315 g/mol. The van der Waals surface area contributed by atoms with Crippen molar-refractivity contribution in [1.82, 2.24) is 4.72 Å². The van der Waals surface area contributed by atoms with Gasteiger partial charge < -0.3 is 9.52 Å². The molecular formula is C12H13NO5S2. The molecule has 0 saturated heterocycles. The van der Waals surface area contributed by atoms with Gasteiger partial charge in [0.2, 0.25) is 0 Å². The van der Waals surface area contributed by atoms with Crippen molar-refractivity contribution in [2.75, 3.05) is 0 Å². The minimum Gasteiger partial charge on any atom is -0.477 e. The Morgan fingerprint density at radius 3 is 2.55 bits per heavy atom. The Kier molecular flexibility index (Phi) is 3.98. The van der Waals surface area contributed by atoms with Crippen LogP contribution in [0.3, 0.4) is 0 Å². The summed E-state index contributed by atoms with van der Waals surface area (Å²) in [6.07, 6.45) is 0. The predicted octanol–water partition coefficient (Wildman–Crippen LogP) is 2.39. The first-order valence-corrected chi connectivity index (χ1v) is 8.01. The van der Waals surface area contributed by atoms with Crippen LogP contribution in [0.5, 0.6) is 0 Å². The van der Waals surface area contributed by atoms with E-state index in [1.165, 1.54) is 12.1 Å². The Morgan fingerprint density at radius 1 is 1.35 bits per heavy atom. The molecule has 1 unspecified atom stereocenters. The summed E-state index contributed by atoms with van der Waals surface area (Å²) < 4.78 is 32.0. The van der Waals surface area contributed by atoms with E-state index in [0.29, 0.717) is 22.9 Å². The molecule has 0 spiro atoms. The lowest BCUT2D eigenvalue weighted by Gasteiger charge is -2.10. The molecule has 0 radical (unpaired) electrons. The number of hydrogen-bond donors (Lipinski definition) is 2. The van der Waals surface area contributed by atoms with E-state index >= 15 is 0 Å². The molecule has 0 aliphatic rings. The third-order valence-electron chi connectivity index (χ3n) is 2.58. The van der Waals surface area contributed by atoms with Crippen LogP contribution in [0.4, 0.5) is 0 Å². The van der Waals surface area contributed by atoms with Gasteiger partial charge in [-0.3, -0.25) is 0 Å². The zero-order valence-corrected chi connectivity index (χ0v) is 12.4. The zero-order valence-electron chi connectivity index (χ0n) is 10.8. The molecule has 0 aliphatic heterocycles. The van der Waals surface area contributed by atoms with Gasteiger partial charge in [-0.25, -0.2) is 17.9 Å². The molecule has 0 aromatic carbocycles. The smallest absolute Gasteiger partial charge is 0.345 e. The Morgan fingerprint density at radius 2 is 2.05 bits per heavy atom. The van der Waals surface area contributed by atoms with Crippen molar-refractivity contribution in [1.29, 1.82) is 0 Å². The van der Waals surface area contributed by atoms with Crippen LogP contribution in [-0.4, -0.2) is 19.5 Å². The molecule has 1 atom stereocenters. The molecule has 8 heteroatoms. The first-order valence-electron chi connectivity index (χ1n) is 5.71. The van der Waals surface area contributed by atoms with Gasteiger partial charge in [0, 0.05) is 0 Å². The summed E-state index contributed by atoms with van der Waals surface area (Å²) in [6, 6.07) is 5.44. The largest absolute Gasteiger partial charge is 0.477 e. The summed E-state index contributed by atoms with van der Waals surface area (Å²) >= 11 is 0.710. The zero-order chi connectivity index (χ0) is 14.9. The minimum absolute atomic E-state index is 0.0214. The van der Waals surface area contributed by atoms with Crippen LogP contribution in [0.2, 0.25) is 0 Å². The van der Waals surface area contributed by atoms with Crippen LogP contribution in [0.1, 0.15) is 34.2 Å². The fraction of sp³-hybridized carbons (Fsp3) is 0.250. The summed E-state index contributed by atoms with van der Waals surface area (Å²) in [4.78, 5) is 10.7. The minimum atomic E-state index is -3.77. The summed E-state index contributed by atoms with van der Waals surface area (Å²) in [5.41, 5.74) is 0. The molecule has 108 valence electrons. The summed E-state index contributed by atoms with van der Waals surface area (Å²) in [7, 11) is -3.77. The van der Waals surface area contributed by atoms with Gasteiger partial charge in [0.1, 0.15) is 20.6 Å². The van der Waals surface area contributed by atoms with E-state index in [2.05, 4.69) is 4.72 Å². The van der Waals surface area contributed by atoms with E-state index in [0.717, 1.165) is 0 Å². The second-order valence-corrected chi connectivity index (χ2v) is 7.24. The Balaban J connectivity index is 2.20. The van der Waals surface area contributed by atoms with E-state index in [9.17, 15) is 13.2 Å². The van der Waals surface area contributed by atoms with E-state index < -0.39 is 22.0 Å². The molecule has 6 nitrogen and oxygen atoms in total. The van der Waals surface area contributed by atoms with Crippen LogP contribution in [0, 0.1) is 6.92 Å². The normalized spacial score (nSPS) is 13.3. The number of thiophene rings is 1. The van der Waals surface area contributed by atoms with Crippen molar-refractivity contribution >= 4 is 27.3 Å². The van der Waals surface area contributed by atoms with Crippen LogP contribution in [-0.2, 0) is 10.0 Å². The van der Waals surface area contributed by atoms with E-state index in [4.69, 9.17) is 9.52 Å².